The maximum absolute atomic E-state index is 13.1. The van der Waals surface area contributed by atoms with Crippen LogP contribution < -0.4 is 10.1 Å². The standard InChI is InChI=1S/C24H22FN3O3/c25-19-12-10-18(11-13-19)23(29)27-14-16-28(17-15-27)24(30)26-21-8-4-5-9-22(21)31-20-6-2-1-3-7-20/h1-13H,14-17H2,(H,26,30). The number of nitrogens with one attached hydrogen (secondary N) is 1. The first-order valence-corrected chi connectivity index (χ1v) is 10.0. The van der Waals surface area contributed by atoms with E-state index in [0.717, 1.165) is 0 Å². The molecule has 3 aromatic carbocycles. The Kier molecular flexibility index (Phi) is 6.12. The van der Waals surface area contributed by atoms with E-state index in [-0.39, 0.29) is 17.8 Å². The van der Waals surface area contributed by atoms with E-state index in [1.807, 2.05) is 42.5 Å². The molecule has 3 aromatic rings. The second-order valence-corrected chi connectivity index (χ2v) is 7.13. The molecule has 1 fully saturated rings. The molecular weight excluding hydrogens is 397 g/mol. The molecule has 31 heavy (non-hydrogen) atoms. The minimum atomic E-state index is -0.380. The number of ether oxygens (including phenoxy) is 1. The van der Waals surface area contributed by atoms with Crippen LogP contribution in [0.25, 0.3) is 0 Å². The first kappa shape index (κ1) is 20.4. The number of carbonyl (C=O) groups excluding carboxylic acids is 2. The molecule has 4 rings (SSSR count). The molecule has 1 saturated heterocycles. The summed E-state index contributed by atoms with van der Waals surface area (Å²) >= 11 is 0. The molecule has 0 aromatic heterocycles. The fourth-order valence-electron chi connectivity index (χ4n) is 3.36. The van der Waals surface area contributed by atoms with Crippen molar-refractivity contribution in [2.75, 3.05) is 31.5 Å². The number of nitrogens with zero attached hydrogens (tertiary/aromatic N) is 2. The quantitative estimate of drug-likeness (QED) is 0.672. The van der Waals surface area contributed by atoms with E-state index >= 15 is 0 Å². The van der Waals surface area contributed by atoms with E-state index < -0.39 is 0 Å². The van der Waals surface area contributed by atoms with Crippen LogP contribution in [0.5, 0.6) is 11.5 Å². The average molecular weight is 419 g/mol. The second-order valence-electron chi connectivity index (χ2n) is 7.13. The van der Waals surface area contributed by atoms with E-state index in [1.165, 1.54) is 24.3 Å². The summed E-state index contributed by atoms with van der Waals surface area (Å²) in [6.07, 6.45) is 0. The zero-order valence-electron chi connectivity index (χ0n) is 16.8. The Morgan fingerprint density at radius 2 is 1.39 bits per heavy atom. The SMILES string of the molecule is O=C(Nc1ccccc1Oc1ccccc1)N1CCN(C(=O)c2ccc(F)cc2)CC1. The Labute approximate surface area is 179 Å². The molecule has 1 N–H and O–H groups in total. The molecule has 6 nitrogen and oxygen atoms in total. The minimum Gasteiger partial charge on any atom is -0.455 e. The molecule has 0 bridgehead atoms. The third-order valence-electron chi connectivity index (χ3n) is 5.04. The van der Waals surface area contributed by atoms with Gasteiger partial charge in [-0.2, -0.15) is 0 Å². The van der Waals surface area contributed by atoms with Crippen LogP contribution in [-0.2, 0) is 0 Å². The van der Waals surface area contributed by atoms with Crippen LogP contribution in [0.4, 0.5) is 14.9 Å². The van der Waals surface area contributed by atoms with Gasteiger partial charge in [-0.1, -0.05) is 30.3 Å². The van der Waals surface area contributed by atoms with Crippen molar-refractivity contribution in [2.24, 2.45) is 0 Å². The molecule has 0 spiro atoms. The lowest BCUT2D eigenvalue weighted by molar-refractivity contribution is 0.0671. The van der Waals surface area contributed by atoms with E-state index in [4.69, 9.17) is 4.74 Å². The van der Waals surface area contributed by atoms with Gasteiger partial charge in [0.1, 0.15) is 11.6 Å². The van der Waals surface area contributed by atoms with Crippen LogP contribution >= 0.6 is 0 Å². The predicted molar refractivity (Wildman–Crippen MR) is 116 cm³/mol. The molecule has 7 heteroatoms. The van der Waals surface area contributed by atoms with Gasteiger partial charge >= 0.3 is 6.03 Å². The van der Waals surface area contributed by atoms with Crippen molar-refractivity contribution >= 4 is 17.6 Å². The number of halogens is 1. The van der Waals surface area contributed by atoms with Crippen LogP contribution in [0, 0.1) is 5.82 Å². The van der Waals surface area contributed by atoms with E-state index in [0.29, 0.717) is 48.9 Å². The number of hydrogen-bond donors (Lipinski definition) is 1. The summed E-state index contributed by atoms with van der Waals surface area (Å²) in [7, 11) is 0. The summed E-state index contributed by atoms with van der Waals surface area (Å²) in [5.74, 6) is 0.681. The summed E-state index contributed by atoms with van der Waals surface area (Å²) in [6.45, 7) is 1.62. The van der Waals surface area contributed by atoms with Crippen molar-refractivity contribution in [2.45, 2.75) is 0 Å². The number of carbonyl (C=O) groups is 2. The third kappa shape index (κ3) is 5.01. The number of rotatable bonds is 4. The van der Waals surface area contributed by atoms with Gasteiger partial charge in [0.25, 0.3) is 5.91 Å². The van der Waals surface area contributed by atoms with Gasteiger partial charge in [-0.3, -0.25) is 4.79 Å². The van der Waals surface area contributed by atoms with Crippen molar-refractivity contribution in [1.82, 2.24) is 9.80 Å². The van der Waals surface area contributed by atoms with Gasteiger partial charge in [0, 0.05) is 31.7 Å². The van der Waals surface area contributed by atoms with Gasteiger partial charge in [0.05, 0.1) is 5.69 Å². The third-order valence-corrected chi connectivity index (χ3v) is 5.04. The van der Waals surface area contributed by atoms with Crippen molar-refractivity contribution in [3.8, 4) is 11.5 Å². The Balaban J connectivity index is 1.35. The maximum Gasteiger partial charge on any atom is 0.322 e. The normalized spacial score (nSPS) is 13.6. The van der Waals surface area contributed by atoms with Gasteiger partial charge in [-0.25, -0.2) is 9.18 Å². The zero-order chi connectivity index (χ0) is 21.6. The van der Waals surface area contributed by atoms with E-state index in [9.17, 15) is 14.0 Å². The number of piperazine rings is 1. The monoisotopic (exact) mass is 419 g/mol. The van der Waals surface area contributed by atoms with Crippen molar-refractivity contribution in [3.05, 3.63) is 90.2 Å². The van der Waals surface area contributed by atoms with Crippen molar-refractivity contribution in [1.29, 1.82) is 0 Å². The average Bonchev–Trinajstić information content (AvgIpc) is 2.81. The van der Waals surface area contributed by atoms with Crippen LogP contribution in [-0.4, -0.2) is 47.9 Å². The predicted octanol–water partition coefficient (Wildman–Crippen LogP) is 4.61. The summed E-state index contributed by atoms with van der Waals surface area (Å²) in [6, 6.07) is 21.8. The molecule has 3 amide bonds. The Bertz CT molecular complexity index is 1050. The number of urea groups is 1. The van der Waals surface area contributed by atoms with Gasteiger partial charge in [-0.15, -0.1) is 0 Å². The largest absolute Gasteiger partial charge is 0.455 e. The lowest BCUT2D eigenvalue weighted by atomic mass is 10.2. The van der Waals surface area contributed by atoms with Crippen LogP contribution in [0.1, 0.15) is 10.4 Å². The molecule has 0 radical (unpaired) electrons. The summed E-state index contributed by atoms with van der Waals surface area (Å²) in [5, 5.41) is 2.90. The summed E-state index contributed by atoms with van der Waals surface area (Å²) in [5.41, 5.74) is 1.01. The molecule has 0 atom stereocenters. The fourth-order valence-corrected chi connectivity index (χ4v) is 3.36. The summed E-state index contributed by atoms with van der Waals surface area (Å²) in [4.78, 5) is 28.7. The van der Waals surface area contributed by atoms with Crippen molar-refractivity contribution in [3.63, 3.8) is 0 Å². The van der Waals surface area contributed by atoms with Gasteiger partial charge < -0.3 is 19.9 Å². The molecule has 0 aliphatic carbocycles. The molecule has 1 aliphatic heterocycles. The topological polar surface area (TPSA) is 61.9 Å². The Hall–Kier alpha value is -3.87. The van der Waals surface area contributed by atoms with E-state index in [2.05, 4.69) is 5.32 Å². The van der Waals surface area contributed by atoms with Crippen LogP contribution in [0.2, 0.25) is 0 Å². The lowest BCUT2D eigenvalue weighted by Crippen LogP contribution is -2.51. The molecule has 0 saturated carbocycles. The van der Waals surface area contributed by atoms with E-state index in [1.54, 1.807) is 21.9 Å². The minimum absolute atomic E-state index is 0.165. The number of hydrogen-bond acceptors (Lipinski definition) is 3. The Morgan fingerprint density at radius 3 is 2.10 bits per heavy atom. The number of amides is 3. The highest BCUT2D eigenvalue weighted by atomic mass is 19.1. The van der Waals surface area contributed by atoms with Gasteiger partial charge in [0.2, 0.25) is 0 Å². The van der Waals surface area contributed by atoms with Gasteiger partial charge in [0.15, 0.2) is 5.75 Å². The highest BCUT2D eigenvalue weighted by molar-refractivity contribution is 5.95. The molecule has 0 unspecified atom stereocenters. The highest BCUT2D eigenvalue weighted by Gasteiger charge is 2.25. The lowest BCUT2D eigenvalue weighted by Gasteiger charge is -2.34. The highest BCUT2D eigenvalue weighted by Crippen LogP contribution is 2.29. The number of para-hydroxylation sites is 3. The summed E-state index contributed by atoms with van der Waals surface area (Å²) < 4.78 is 19.0. The van der Waals surface area contributed by atoms with Crippen LogP contribution in [0.15, 0.2) is 78.9 Å². The molecule has 1 aliphatic rings. The smallest absolute Gasteiger partial charge is 0.322 e. The molecule has 158 valence electrons. The number of benzene rings is 3. The second kappa shape index (κ2) is 9.30. The molecule has 1 heterocycles. The first-order chi connectivity index (χ1) is 15.1. The van der Waals surface area contributed by atoms with Crippen molar-refractivity contribution < 1.29 is 18.7 Å². The maximum atomic E-state index is 13.1. The van der Waals surface area contributed by atoms with Crippen LogP contribution in [0.3, 0.4) is 0 Å². The molecular formula is C24H22FN3O3. The fraction of sp³-hybridized carbons (Fsp3) is 0.167. The first-order valence-electron chi connectivity index (χ1n) is 10.0. The van der Waals surface area contributed by atoms with Gasteiger partial charge in [-0.05, 0) is 48.5 Å². The zero-order valence-corrected chi connectivity index (χ0v) is 16.8. The number of anilines is 1. The Morgan fingerprint density at radius 1 is 0.774 bits per heavy atom.